The first kappa shape index (κ1) is 15.5. The third-order valence-corrected chi connectivity index (χ3v) is 5.23. The number of nitrogens with zero attached hydrogens (tertiary/aromatic N) is 1. The molecule has 3 atom stereocenters. The summed E-state index contributed by atoms with van der Waals surface area (Å²) < 4.78 is 5.29. The topological polar surface area (TPSA) is 29.5 Å². The van der Waals surface area contributed by atoms with Gasteiger partial charge >= 0.3 is 5.97 Å². The monoisotopic (exact) mass is 301 g/mol. The second-order valence-corrected chi connectivity index (χ2v) is 6.71. The smallest absolute Gasteiger partial charge is 0.310 e. The minimum absolute atomic E-state index is 0.00425. The van der Waals surface area contributed by atoms with Crippen molar-refractivity contribution in [3.63, 3.8) is 0 Å². The molecule has 2 fully saturated rings. The molecule has 0 spiro atoms. The van der Waals surface area contributed by atoms with Gasteiger partial charge in [-0.05, 0) is 37.7 Å². The summed E-state index contributed by atoms with van der Waals surface area (Å²) >= 11 is 0. The van der Waals surface area contributed by atoms with Gasteiger partial charge in [-0.3, -0.25) is 9.69 Å². The van der Waals surface area contributed by atoms with E-state index >= 15 is 0 Å². The van der Waals surface area contributed by atoms with Crippen LogP contribution in [-0.2, 0) is 16.1 Å². The summed E-state index contributed by atoms with van der Waals surface area (Å²) in [5.74, 6) is 0.730. The number of carbonyl (C=O) groups excluding carboxylic acids is 1. The molecule has 1 saturated heterocycles. The molecule has 1 aromatic carbocycles. The zero-order valence-electron chi connectivity index (χ0n) is 13.5. The first-order valence-corrected chi connectivity index (χ1v) is 8.72. The third-order valence-electron chi connectivity index (χ3n) is 5.23. The lowest BCUT2D eigenvalue weighted by atomic mass is 9.74. The van der Waals surface area contributed by atoms with Crippen molar-refractivity contribution < 1.29 is 9.53 Å². The van der Waals surface area contributed by atoms with Crippen LogP contribution < -0.4 is 0 Å². The molecule has 3 heteroatoms. The van der Waals surface area contributed by atoms with Gasteiger partial charge in [-0.15, -0.1) is 0 Å². The van der Waals surface area contributed by atoms with Gasteiger partial charge in [0.1, 0.15) is 0 Å². The highest BCUT2D eigenvalue weighted by Gasteiger charge is 2.40. The zero-order valence-corrected chi connectivity index (χ0v) is 13.5. The van der Waals surface area contributed by atoms with Crippen LogP contribution >= 0.6 is 0 Å². The standard InChI is InChI=1S/C19H27NO2/c1-2-22-19(21)17-12-16-10-6-7-11-18(16)20(14-17)13-15-8-4-3-5-9-15/h3-5,8-9,16-18H,2,6-7,10-14H2,1H3/t16-,17+,18-/m1/s1. The Balaban J connectivity index is 1.73. The van der Waals surface area contributed by atoms with Crippen molar-refractivity contribution in [1.82, 2.24) is 4.90 Å². The molecule has 0 radical (unpaired) electrons. The Bertz CT molecular complexity index is 487. The van der Waals surface area contributed by atoms with Crippen LogP contribution in [0, 0.1) is 11.8 Å². The summed E-state index contributed by atoms with van der Waals surface area (Å²) in [4.78, 5) is 14.8. The number of benzene rings is 1. The molecule has 3 rings (SSSR count). The number of ether oxygens (including phenoxy) is 1. The maximum Gasteiger partial charge on any atom is 0.310 e. The summed E-state index contributed by atoms with van der Waals surface area (Å²) in [5.41, 5.74) is 1.34. The van der Waals surface area contributed by atoms with E-state index in [1.54, 1.807) is 0 Å². The molecule has 1 saturated carbocycles. The van der Waals surface area contributed by atoms with Crippen LogP contribution in [0.15, 0.2) is 30.3 Å². The van der Waals surface area contributed by atoms with Gasteiger partial charge in [0, 0.05) is 19.1 Å². The van der Waals surface area contributed by atoms with Gasteiger partial charge in [-0.2, -0.15) is 0 Å². The van der Waals surface area contributed by atoms with Gasteiger partial charge in [-0.1, -0.05) is 43.2 Å². The van der Waals surface area contributed by atoms with Crippen LogP contribution in [0.4, 0.5) is 0 Å². The average Bonchev–Trinajstić information content (AvgIpc) is 2.56. The molecule has 2 aliphatic rings. The maximum absolute atomic E-state index is 12.2. The Labute approximate surface area is 133 Å². The van der Waals surface area contributed by atoms with Gasteiger partial charge in [0.05, 0.1) is 12.5 Å². The predicted octanol–water partition coefficient (Wildman–Crippen LogP) is 3.63. The molecule has 0 bridgehead atoms. The van der Waals surface area contributed by atoms with Crippen molar-refractivity contribution in [3.05, 3.63) is 35.9 Å². The summed E-state index contributed by atoms with van der Waals surface area (Å²) in [6.45, 7) is 4.20. The van der Waals surface area contributed by atoms with E-state index in [0.29, 0.717) is 18.6 Å². The molecule has 1 heterocycles. The SMILES string of the molecule is CCOC(=O)[C@H]1C[C@H]2CCCC[C@H]2N(Cc2ccccc2)C1. The molecule has 0 N–H and O–H groups in total. The Morgan fingerprint density at radius 3 is 2.77 bits per heavy atom. The van der Waals surface area contributed by atoms with E-state index in [1.165, 1.54) is 31.2 Å². The van der Waals surface area contributed by atoms with E-state index in [1.807, 2.05) is 6.92 Å². The van der Waals surface area contributed by atoms with E-state index in [9.17, 15) is 4.79 Å². The van der Waals surface area contributed by atoms with E-state index in [4.69, 9.17) is 4.74 Å². The molecule has 0 unspecified atom stereocenters. The number of fused-ring (bicyclic) bond motifs is 1. The molecule has 1 aliphatic carbocycles. The third kappa shape index (κ3) is 3.52. The number of hydrogen-bond donors (Lipinski definition) is 0. The first-order valence-electron chi connectivity index (χ1n) is 8.72. The quantitative estimate of drug-likeness (QED) is 0.795. The lowest BCUT2D eigenvalue weighted by molar-refractivity contribution is -0.152. The van der Waals surface area contributed by atoms with Crippen molar-refractivity contribution in [2.24, 2.45) is 11.8 Å². The van der Waals surface area contributed by atoms with Crippen LogP contribution in [0.25, 0.3) is 0 Å². The molecule has 22 heavy (non-hydrogen) atoms. The van der Waals surface area contributed by atoms with Crippen molar-refractivity contribution in [2.45, 2.75) is 51.6 Å². The average molecular weight is 301 g/mol. The Hall–Kier alpha value is -1.35. The molecular weight excluding hydrogens is 274 g/mol. The molecule has 0 amide bonds. The second-order valence-electron chi connectivity index (χ2n) is 6.71. The second kappa shape index (κ2) is 7.28. The molecule has 1 aliphatic heterocycles. The zero-order chi connectivity index (χ0) is 15.4. The summed E-state index contributed by atoms with van der Waals surface area (Å²) in [5, 5.41) is 0. The number of esters is 1. The van der Waals surface area contributed by atoms with Crippen LogP contribution in [-0.4, -0.2) is 30.1 Å². The minimum Gasteiger partial charge on any atom is -0.466 e. The van der Waals surface area contributed by atoms with Crippen molar-refractivity contribution in [2.75, 3.05) is 13.2 Å². The van der Waals surface area contributed by atoms with Crippen LogP contribution in [0.2, 0.25) is 0 Å². The fraction of sp³-hybridized carbons (Fsp3) is 0.632. The summed E-state index contributed by atoms with van der Waals surface area (Å²) in [6.07, 6.45) is 6.22. The molecule has 1 aromatic rings. The highest BCUT2D eigenvalue weighted by Crippen LogP contribution is 2.38. The molecular formula is C19H27NO2. The number of piperidine rings is 1. The number of hydrogen-bond acceptors (Lipinski definition) is 3. The van der Waals surface area contributed by atoms with Crippen molar-refractivity contribution in [3.8, 4) is 0 Å². The summed E-state index contributed by atoms with van der Waals surface area (Å²) in [6, 6.07) is 11.3. The van der Waals surface area contributed by atoms with E-state index < -0.39 is 0 Å². The van der Waals surface area contributed by atoms with Gasteiger partial charge in [-0.25, -0.2) is 0 Å². The first-order chi connectivity index (χ1) is 10.8. The van der Waals surface area contributed by atoms with Crippen LogP contribution in [0.3, 0.4) is 0 Å². The molecule has 3 nitrogen and oxygen atoms in total. The number of carbonyl (C=O) groups is 1. The van der Waals surface area contributed by atoms with E-state index in [-0.39, 0.29) is 11.9 Å². The minimum atomic E-state index is 0.00425. The number of likely N-dealkylation sites (tertiary alicyclic amines) is 1. The number of rotatable bonds is 4. The largest absolute Gasteiger partial charge is 0.466 e. The maximum atomic E-state index is 12.2. The van der Waals surface area contributed by atoms with Gasteiger partial charge in [0.15, 0.2) is 0 Å². The Morgan fingerprint density at radius 2 is 2.00 bits per heavy atom. The Morgan fingerprint density at radius 1 is 1.23 bits per heavy atom. The fourth-order valence-corrected chi connectivity index (χ4v) is 4.23. The van der Waals surface area contributed by atoms with Crippen LogP contribution in [0.1, 0.15) is 44.6 Å². The summed E-state index contributed by atoms with van der Waals surface area (Å²) in [7, 11) is 0. The normalized spacial score (nSPS) is 28.9. The predicted molar refractivity (Wildman–Crippen MR) is 87.3 cm³/mol. The van der Waals surface area contributed by atoms with Crippen molar-refractivity contribution in [1.29, 1.82) is 0 Å². The van der Waals surface area contributed by atoms with E-state index in [0.717, 1.165) is 19.5 Å². The van der Waals surface area contributed by atoms with Crippen molar-refractivity contribution >= 4 is 5.97 Å². The molecule has 0 aromatic heterocycles. The lowest BCUT2D eigenvalue weighted by Gasteiger charge is -2.46. The van der Waals surface area contributed by atoms with Gasteiger partial charge in [0.25, 0.3) is 0 Å². The van der Waals surface area contributed by atoms with Gasteiger partial charge < -0.3 is 4.74 Å². The van der Waals surface area contributed by atoms with Crippen LogP contribution in [0.5, 0.6) is 0 Å². The Kier molecular flexibility index (Phi) is 5.14. The highest BCUT2D eigenvalue weighted by atomic mass is 16.5. The lowest BCUT2D eigenvalue weighted by Crippen LogP contribution is -2.51. The highest BCUT2D eigenvalue weighted by molar-refractivity contribution is 5.72. The van der Waals surface area contributed by atoms with E-state index in [2.05, 4.69) is 35.2 Å². The molecule has 120 valence electrons. The van der Waals surface area contributed by atoms with Gasteiger partial charge in [0.2, 0.25) is 0 Å². The fourth-order valence-electron chi connectivity index (χ4n) is 4.23.